The number of hydrogen-bond donors (Lipinski definition) is 2. The molecule has 0 radical (unpaired) electrons. The Kier molecular flexibility index (Phi) is 6.20. The van der Waals surface area contributed by atoms with Crippen LogP contribution < -0.4 is 10.6 Å². The normalized spacial score (nSPS) is 18.6. The molecule has 24 heavy (non-hydrogen) atoms. The Morgan fingerprint density at radius 2 is 1.96 bits per heavy atom. The van der Waals surface area contributed by atoms with Gasteiger partial charge >= 0.3 is 6.09 Å². The molecular formula is C18H27N3O3. The Hall–Kier alpha value is -2.08. The Morgan fingerprint density at radius 3 is 2.62 bits per heavy atom. The highest BCUT2D eigenvalue weighted by atomic mass is 16.6. The van der Waals surface area contributed by atoms with Gasteiger partial charge in [-0.3, -0.25) is 4.79 Å². The van der Waals surface area contributed by atoms with Crippen LogP contribution in [0.25, 0.3) is 0 Å². The molecule has 1 heterocycles. The van der Waals surface area contributed by atoms with E-state index in [1.54, 1.807) is 25.7 Å². The summed E-state index contributed by atoms with van der Waals surface area (Å²) in [5.41, 5.74) is 0.668. The molecule has 0 saturated carbocycles. The van der Waals surface area contributed by atoms with E-state index in [4.69, 9.17) is 4.74 Å². The van der Waals surface area contributed by atoms with Crippen LogP contribution in [0, 0.1) is 0 Å². The minimum Gasteiger partial charge on any atom is -0.444 e. The lowest BCUT2D eigenvalue weighted by atomic mass is 10.0. The largest absolute Gasteiger partial charge is 0.444 e. The minimum atomic E-state index is -0.567. The zero-order valence-electron chi connectivity index (χ0n) is 14.7. The molecule has 1 fully saturated rings. The highest BCUT2D eigenvalue weighted by molar-refractivity contribution is 5.82. The monoisotopic (exact) mass is 333 g/mol. The van der Waals surface area contributed by atoms with E-state index < -0.39 is 11.7 Å². The lowest BCUT2D eigenvalue weighted by Gasteiger charge is -2.22. The van der Waals surface area contributed by atoms with Gasteiger partial charge in [-0.25, -0.2) is 4.79 Å². The first-order chi connectivity index (χ1) is 11.3. The maximum absolute atomic E-state index is 12.3. The van der Waals surface area contributed by atoms with Crippen molar-refractivity contribution in [3.05, 3.63) is 35.9 Å². The van der Waals surface area contributed by atoms with Crippen molar-refractivity contribution < 1.29 is 14.3 Å². The fourth-order valence-corrected chi connectivity index (χ4v) is 2.67. The molecule has 0 aromatic heterocycles. The average molecular weight is 333 g/mol. The van der Waals surface area contributed by atoms with Gasteiger partial charge < -0.3 is 20.3 Å². The van der Waals surface area contributed by atoms with Crippen molar-refractivity contribution in [2.45, 2.75) is 38.8 Å². The number of hydrogen-bond acceptors (Lipinski definition) is 4. The summed E-state index contributed by atoms with van der Waals surface area (Å²) < 4.78 is 5.14. The van der Waals surface area contributed by atoms with Crippen LogP contribution in [-0.4, -0.2) is 48.7 Å². The Bertz CT molecular complexity index is 554. The molecule has 1 aromatic rings. The fraction of sp³-hybridized carbons (Fsp3) is 0.556. The number of alkyl carbamates (subject to hydrolysis) is 1. The molecule has 2 rings (SSSR count). The fourth-order valence-electron chi connectivity index (χ4n) is 2.67. The summed E-state index contributed by atoms with van der Waals surface area (Å²) in [5.74, 6) is -0.0867. The smallest absolute Gasteiger partial charge is 0.408 e. The molecule has 0 aliphatic carbocycles. The Morgan fingerprint density at radius 1 is 1.25 bits per heavy atom. The molecule has 1 atom stereocenters. The molecular weight excluding hydrogens is 306 g/mol. The molecule has 1 aliphatic heterocycles. The molecule has 1 aromatic carbocycles. The van der Waals surface area contributed by atoms with Gasteiger partial charge in [0.15, 0.2) is 0 Å². The van der Waals surface area contributed by atoms with Crippen molar-refractivity contribution in [3.63, 3.8) is 0 Å². The molecule has 1 aliphatic rings. The van der Waals surface area contributed by atoms with E-state index in [-0.39, 0.29) is 18.5 Å². The minimum absolute atomic E-state index is 0.0368. The summed E-state index contributed by atoms with van der Waals surface area (Å²) in [7, 11) is 0. The quantitative estimate of drug-likeness (QED) is 0.888. The van der Waals surface area contributed by atoms with E-state index in [0.29, 0.717) is 13.1 Å². The summed E-state index contributed by atoms with van der Waals surface area (Å²) >= 11 is 0. The van der Waals surface area contributed by atoms with Crippen molar-refractivity contribution in [2.75, 3.05) is 26.2 Å². The second-order valence-electron chi connectivity index (χ2n) is 6.94. The van der Waals surface area contributed by atoms with E-state index in [2.05, 4.69) is 22.8 Å². The second-order valence-corrected chi connectivity index (χ2v) is 6.94. The van der Waals surface area contributed by atoms with Gasteiger partial charge in [-0.2, -0.15) is 0 Å². The van der Waals surface area contributed by atoms with Crippen LogP contribution in [-0.2, 0) is 9.53 Å². The Balaban J connectivity index is 1.81. The summed E-state index contributed by atoms with van der Waals surface area (Å²) in [4.78, 5) is 25.7. The third-order valence-electron chi connectivity index (χ3n) is 3.80. The van der Waals surface area contributed by atoms with Crippen molar-refractivity contribution in [2.24, 2.45) is 0 Å². The number of nitrogens with one attached hydrogen (secondary N) is 2. The van der Waals surface area contributed by atoms with E-state index in [0.717, 1.165) is 13.0 Å². The van der Waals surface area contributed by atoms with Crippen LogP contribution in [0.5, 0.6) is 0 Å². The molecule has 1 unspecified atom stereocenters. The van der Waals surface area contributed by atoms with Gasteiger partial charge in [0.2, 0.25) is 5.91 Å². The third-order valence-corrected chi connectivity index (χ3v) is 3.80. The Labute approximate surface area is 143 Å². The van der Waals surface area contributed by atoms with Gasteiger partial charge in [-0.05, 0) is 32.8 Å². The summed E-state index contributed by atoms with van der Waals surface area (Å²) in [6.07, 6.45) is 0.285. The van der Waals surface area contributed by atoms with E-state index in [1.807, 2.05) is 18.2 Å². The van der Waals surface area contributed by atoms with Crippen LogP contribution in [0.4, 0.5) is 4.79 Å². The summed E-state index contributed by atoms with van der Waals surface area (Å²) in [6, 6.07) is 10.5. The number of benzene rings is 1. The topological polar surface area (TPSA) is 70.7 Å². The molecule has 2 N–H and O–H groups in total. The lowest BCUT2D eigenvalue weighted by molar-refractivity contribution is -0.130. The van der Waals surface area contributed by atoms with Gasteiger partial charge in [0.1, 0.15) is 12.1 Å². The average Bonchev–Trinajstić information content (AvgIpc) is 2.78. The number of carbonyl (C=O) groups excluding carboxylic acids is 2. The highest BCUT2D eigenvalue weighted by Gasteiger charge is 2.22. The molecule has 6 nitrogen and oxygen atoms in total. The van der Waals surface area contributed by atoms with Crippen LogP contribution >= 0.6 is 0 Å². The number of carbonyl (C=O) groups is 2. The van der Waals surface area contributed by atoms with Crippen molar-refractivity contribution in [3.8, 4) is 0 Å². The van der Waals surface area contributed by atoms with Gasteiger partial charge in [0, 0.05) is 25.7 Å². The van der Waals surface area contributed by atoms with Crippen LogP contribution in [0.1, 0.15) is 38.8 Å². The predicted molar refractivity (Wildman–Crippen MR) is 92.6 cm³/mol. The predicted octanol–water partition coefficient (Wildman–Crippen LogP) is 2.07. The number of amides is 2. The standard InChI is InChI=1S/C18H27N3O3/c1-18(2,3)24-17(23)20-13-16(22)21-11-9-15(19-10-12-21)14-7-5-4-6-8-14/h4-8,15,19H,9-13H2,1-3H3,(H,20,23). The van der Waals surface area contributed by atoms with Crippen molar-refractivity contribution >= 4 is 12.0 Å². The van der Waals surface area contributed by atoms with Gasteiger partial charge in [0.05, 0.1) is 0 Å². The summed E-state index contributed by atoms with van der Waals surface area (Å²) in [6.45, 7) is 7.37. The van der Waals surface area contributed by atoms with Crippen LogP contribution in [0.2, 0.25) is 0 Å². The van der Waals surface area contributed by atoms with Crippen LogP contribution in [0.3, 0.4) is 0 Å². The molecule has 6 heteroatoms. The maximum Gasteiger partial charge on any atom is 0.408 e. The van der Waals surface area contributed by atoms with Crippen molar-refractivity contribution in [1.82, 2.24) is 15.5 Å². The number of nitrogens with zero attached hydrogens (tertiary/aromatic N) is 1. The molecule has 1 saturated heterocycles. The van der Waals surface area contributed by atoms with Gasteiger partial charge in [-0.1, -0.05) is 30.3 Å². The molecule has 132 valence electrons. The number of rotatable bonds is 3. The van der Waals surface area contributed by atoms with Crippen LogP contribution in [0.15, 0.2) is 30.3 Å². The zero-order chi connectivity index (χ0) is 17.6. The molecule has 0 spiro atoms. The van der Waals surface area contributed by atoms with E-state index in [1.165, 1.54) is 5.56 Å². The second kappa shape index (κ2) is 8.15. The molecule has 0 bridgehead atoms. The lowest BCUT2D eigenvalue weighted by Crippen LogP contribution is -2.43. The summed E-state index contributed by atoms with van der Waals surface area (Å²) in [5, 5.41) is 6.00. The maximum atomic E-state index is 12.3. The first-order valence-electron chi connectivity index (χ1n) is 8.38. The van der Waals surface area contributed by atoms with Crippen molar-refractivity contribution in [1.29, 1.82) is 0 Å². The van der Waals surface area contributed by atoms with E-state index >= 15 is 0 Å². The zero-order valence-corrected chi connectivity index (χ0v) is 14.7. The number of ether oxygens (including phenoxy) is 1. The highest BCUT2D eigenvalue weighted by Crippen LogP contribution is 2.18. The van der Waals surface area contributed by atoms with E-state index in [9.17, 15) is 9.59 Å². The molecule has 2 amide bonds. The SMILES string of the molecule is CC(C)(C)OC(=O)NCC(=O)N1CCNC(c2ccccc2)CC1. The first-order valence-corrected chi connectivity index (χ1v) is 8.38. The first kappa shape index (κ1) is 18.3. The van der Waals surface area contributed by atoms with Gasteiger partial charge in [-0.15, -0.1) is 0 Å². The van der Waals surface area contributed by atoms with Gasteiger partial charge in [0.25, 0.3) is 0 Å². The third kappa shape index (κ3) is 5.85.